The molecule has 0 heterocycles. The summed E-state index contributed by atoms with van der Waals surface area (Å²) in [6.07, 6.45) is -16.5. The van der Waals surface area contributed by atoms with E-state index in [1.54, 1.807) is 0 Å². The second kappa shape index (κ2) is 12.1. The highest BCUT2D eigenvalue weighted by Crippen LogP contribution is 2.39. The van der Waals surface area contributed by atoms with E-state index in [1.807, 2.05) is 0 Å². The van der Waals surface area contributed by atoms with Crippen LogP contribution in [0.5, 0.6) is 11.5 Å². The van der Waals surface area contributed by atoms with Crippen LogP contribution in [0.15, 0.2) is 76.9 Å². The number of carbonyl (C=O) groups excluding carboxylic acids is 1. The fourth-order valence-corrected chi connectivity index (χ4v) is 3.98. The Hall–Kier alpha value is -4.90. The molecule has 0 saturated carbocycles. The zero-order valence-corrected chi connectivity index (χ0v) is 21.0. The number of carbonyl (C=O) groups is 1. The Bertz CT molecular complexity index is 1460. The Morgan fingerprint density at radius 2 is 1.33 bits per heavy atom. The molecule has 43 heavy (non-hydrogen) atoms. The van der Waals surface area contributed by atoms with E-state index in [2.05, 4.69) is 25.0 Å². The first-order valence-electron chi connectivity index (χ1n) is 11.4. The van der Waals surface area contributed by atoms with Crippen molar-refractivity contribution in [1.82, 2.24) is 5.32 Å². The van der Waals surface area contributed by atoms with Crippen LogP contribution in [-0.2, 0) is 11.7 Å². The van der Waals surface area contributed by atoms with Crippen LogP contribution in [0, 0.1) is 11.3 Å². The first-order valence-corrected chi connectivity index (χ1v) is 11.4. The number of rotatable bonds is 8. The molecule has 0 spiro atoms. The fraction of sp³-hybridized carbons (Fsp3) is 0.200. The average molecular weight is 625 g/mol. The quantitative estimate of drug-likeness (QED) is 0.0623. The van der Waals surface area contributed by atoms with Gasteiger partial charge in [0, 0.05) is 12.0 Å². The van der Waals surface area contributed by atoms with E-state index in [0.717, 1.165) is 48.5 Å². The number of amidine groups is 1. The van der Waals surface area contributed by atoms with E-state index in [9.17, 15) is 48.7 Å². The number of halogens is 10. The number of amides is 1. The Labute approximate surface area is 234 Å². The Morgan fingerprint density at radius 1 is 0.814 bits per heavy atom. The van der Waals surface area contributed by atoms with Gasteiger partial charge in [-0.1, -0.05) is 24.3 Å². The van der Waals surface area contributed by atoms with Gasteiger partial charge in [0.2, 0.25) is 0 Å². The van der Waals surface area contributed by atoms with Gasteiger partial charge in [0.25, 0.3) is 5.91 Å². The molecule has 0 aliphatic heterocycles. The Morgan fingerprint density at radius 3 is 1.74 bits per heavy atom. The number of nitrogens with one attached hydrogen (secondary N) is 2. The molecule has 1 amide bonds. The van der Waals surface area contributed by atoms with Crippen LogP contribution in [0.2, 0.25) is 0 Å². The van der Waals surface area contributed by atoms with Gasteiger partial charge in [0.15, 0.2) is 5.84 Å². The molecule has 230 valence electrons. The first-order chi connectivity index (χ1) is 19.9. The lowest BCUT2D eigenvalue weighted by Crippen LogP contribution is -2.48. The molecule has 0 fully saturated rings. The Balaban J connectivity index is 2.33. The van der Waals surface area contributed by atoms with E-state index < -0.39 is 71.0 Å². The van der Waals surface area contributed by atoms with Crippen molar-refractivity contribution in [2.45, 2.75) is 30.9 Å². The van der Waals surface area contributed by atoms with Crippen molar-refractivity contribution >= 4 is 11.7 Å². The van der Waals surface area contributed by atoms with Crippen molar-refractivity contribution in [3.05, 3.63) is 94.8 Å². The van der Waals surface area contributed by atoms with Gasteiger partial charge in [-0.3, -0.25) is 4.79 Å². The van der Waals surface area contributed by atoms with Crippen LogP contribution in [0.25, 0.3) is 0 Å². The third-order valence-electron chi connectivity index (χ3n) is 5.68. The molecular formula is C25H17F10N5O3. The minimum atomic E-state index is -5.24. The maximum atomic E-state index is 13.9. The maximum absolute atomic E-state index is 13.9. The van der Waals surface area contributed by atoms with E-state index >= 15 is 0 Å². The number of ether oxygens (including phenoxy) is 2. The highest BCUT2D eigenvalue weighted by molar-refractivity contribution is 5.96. The smallest absolute Gasteiger partial charge is 0.406 e. The summed E-state index contributed by atoms with van der Waals surface area (Å²) in [6.45, 7) is 0. The number of nitrogens with zero attached hydrogens (tertiary/aromatic N) is 2. The number of hydrogen-bond acceptors (Lipinski definition) is 6. The number of hydrazone groups is 1. The minimum absolute atomic E-state index is 0.147. The van der Waals surface area contributed by atoms with Crippen molar-refractivity contribution in [3.63, 3.8) is 0 Å². The van der Waals surface area contributed by atoms with Gasteiger partial charge in [-0.25, -0.2) is 9.92 Å². The molecule has 3 aromatic rings. The van der Waals surface area contributed by atoms with Gasteiger partial charge in [-0.05, 0) is 53.6 Å². The standard InChI is InChI=1S/C25H17F10N5O3/c26-19-8-7-13(9-18(19)23(27,28)29)21(41)38-22(12-20(39-36)40-37,14-3-1-5-16(10-14)42-24(30,31)32)15-4-2-6-17(11-15)43-25(33,34)35/h1-11,36H,12,37H2,(H,38,41)/b39-36?,40-20-. The fourth-order valence-electron chi connectivity index (χ4n) is 3.98. The molecule has 18 heteroatoms. The van der Waals surface area contributed by atoms with Gasteiger partial charge in [0.1, 0.15) is 17.3 Å². The second-order valence-electron chi connectivity index (χ2n) is 8.54. The number of nitrogens with two attached hydrogens (primary N) is 1. The summed E-state index contributed by atoms with van der Waals surface area (Å²) < 4.78 is 140. The van der Waals surface area contributed by atoms with Crippen LogP contribution in [0.3, 0.4) is 0 Å². The van der Waals surface area contributed by atoms with Gasteiger partial charge in [-0.2, -0.15) is 18.3 Å². The van der Waals surface area contributed by atoms with Crippen LogP contribution in [-0.4, -0.2) is 24.5 Å². The van der Waals surface area contributed by atoms with E-state index in [1.165, 1.54) is 0 Å². The summed E-state index contributed by atoms with van der Waals surface area (Å²) in [6, 6.07) is 8.44. The molecule has 0 unspecified atom stereocenters. The minimum Gasteiger partial charge on any atom is -0.406 e. The molecule has 8 nitrogen and oxygen atoms in total. The van der Waals surface area contributed by atoms with Crippen molar-refractivity contribution in [1.29, 1.82) is 5.53 Å². The maximum Gasteiger partial charge on any atom is 0.573 e. The second-order valence-corrected chi connectivity index (χ2v) is 8.54. The number of alkyl halides is 9. The Kier molecular flexibility index (Phi) is 9.21. The molecule has 3 rings (SSSR count). The summed E-state index contributed by atoms with van der Waals surface area (Å²) in [5.41, 5.74) is 1.61. The van der Waals surface area contributed by atoms with E-state index in [4.69, 9.17) is 11.4 Å². The molecule has 4 N–H and O–H groups in total. The van der Waals surface area contributed by atoms with Crippen molar-refractivity contribution in [3.8, 4) is 11.5 Å². The molecule has 0 aromatic heterocycles. The molecule has 0 radical (unpaired) electrons. The molecule has 3 aromatic carbocycles. The van der Waals surface area contributed by atoms with Gasteiger partial charge >= 0.3 is 18.9 Å². The summed E-state index contributed by atoms with van der Waals surface area (Å²) in [4.78, 5) is 13.4. The van der Waals surface area contributed by atoms with Crippen molar-refractivity contribution < 1.29 is 58.2 Å². The summed E-state index contributed by atoms with van der Waals surface area (Å²) in [5, 5.41) is 8.56. The van der Waals surface area contributed by atoms with Gasteiger partial charge < -0.3 is 20.6 Å². The third-order valence-corrected chi connectivity index (χ3v) is 5.68. The topological polar surface area (TPSA) is 122 Å². The van der Waals surface area contributed by atoms with E-state index in [0.29, 0.717) is 12.1 Å². The normalized spacial score (nSPS) is 12.9. The predicted octanol–water partition coefficient (Wildman–Crippen LogP) is 7.01. The zero-order valence-electron chi connectivity index (χ0n) is 21.0. The zero-order chi connectivity index (χ0) is 32.2. The highest BCUT2D eigenvalue weighted by atomic mass is 19.4. The molecule has 0 aliphatic carbocycles. The van der Waals surface area contributed by atoms with Gasteiger partial charge in [0.05, 0.1) is 11.1 Å². The van der Waals surface area contributed by atoms with Crippen LogP contribution in [0.4, 0.5) is 43.9 Å². The van der Waals surface area contributed by atoms with Crippen molar-refractivity contribution in [2.24, 2.45) is 16.1 Å². The average Bonchev–Trinajstić information content (AvgIpc) is 2.89. The lowest BCUT2D eigenvalue weighted by atomic mass is 9.79. The van der Waals surface area contributed by atoms with E-state index in [-0.39, 0.29) is 17.2 Å². The highest BCUT2D eigenvalue weighted by Gasteiger charge is 2.41. The van der Waals surface area contributed by atoms with Crippen molar-refractivity contribution in [2.75, 3.05) is 0 Å². The summed E-state index contributed by atoms with van der Waals surface area (Å²) in [5.74, 6) is -0.259. The van der Waals surface area contributed by atoms with Crippen LogP contribution < -0.4 is 20.6 Å². The lowest BCUT2D eigenvalue weighted by Gasteiger charge is -2.36. The predicted molar refractivity (Wildman–Crippen MR) is 127 cm³/mol. The lowest BCUT2D eigenvalue weighted by molar-refractivity contribution is -0.275. The molecule has 0 bridgehead atoms. The third kappa shape index (κ3) is 8.32. The number of benzene rings is 3. The molecule has 0 aliphatic rings. The SMILES string of the molecule is N=N/C(CC(NC(=O)c1ccc(F)c(C(F)(F)F)c1)(c1cccc(OC(F)(F)F)c1)c1cccc(OC(F)(F)F)c1)=N\N. The first kappa shape index (κ1) is 32.6. The number of hydrogen-bond donors (Lipinski definition) is 3. The molecule has 0 saturated heterocycles. The van der Waals surface area contributed by atoms with Gasteiger partial charge in [-0.15, -0.1) is 31.5 Å². The molecular weight excluding hydrogens is 608 g/mol. The van der Waals surface area contributed by atoms with Crippen LogP contribution >= 0.6 is 0 Å². The largest absolute Gasteiger partial charge is 0.573 e. The monoisotopic (exact) mass is 625 g/mol. The summed E-state index contributed by atoms with van der Waals surface area (Å²) in [7, 11) is 0. The summed E-state index contributed by atoms with van der Waals surface area (Å²) >= 11 is 0. The van der Waals surface area contributed by atoms with Crippen LogP contribution in [0.1, 0.15) is 33.5 Å². The molecule has 0 atom stereocenters.